The summed E-state index contributed by atoms with van der Waals surface area (Å²) in [6, 6.07) is 3.06. The average Bonchev–Trinajstić information content (AvgIpc) is 2.69. The highest BCUT2D eigenvalue weighted by molar-refractivity contribution is 5.49. The topological polar surface area (TPSA) is 55.0 Å². The third-order valence-corrected chi connectivity index (χ3v) is 3.62. The molecule has 0 saturated carbocycles. The molecule has 2 atom stereocenters. The van der Waals surface area contributed by atoms with Gasteiger partial charge in [-0.3, -0.25) is 0 Å². The predicted octanol–water partition coefficient (Wildman–Crippen LogP) is 2.39. The zero-order valence-corrected chi connectivity index (χ0v) is 11.0. The largest absolute Gasteiger partial charge is 0.384 e. The van der Waals surface area contributed by atoms with Crippen LogP contribution in [0.3, 0.4) is 0 Å². The van der Waals surface area contributed by atoms with Gasteiger partial charge in [0.1, 0.15) is 17.5 Å². The van der Waals surface area contributed by atoms with E-state index in [4.69, 9.17) is 5.73 Å². The van der Waals surface area contributed by atoms with Crippen LogP contribution in [0.1, 0.15) is 45.9 Å². The normalized spacial score (nSPS) is 24.3. The van der Waals surface area contributed by atoms with E-state index in [-0.39, 0.29) is 0 Å². The van der Waals surface area contributed by atoms with E-state index in [1.807, 2.05) is 6.07 Å². The van der Waals surface area contributed by atoms with E-state index in [0.717, 1.165) is 24.5 Å². The molecule has 2 heterocycles. The minimum atomic E-state index is 0.555. The molecule has 0 bridgehead atoms. The Morgan fingerprint density at radius 2 is 2.12 bits per heavy atom. The second-order valence-corrected chi connectivity index (χ2v) is 4.82. The van der Waals surface area contributed by atoms with E-state index in [2.05, 4.69) is 35.6 Å². The van der Waals surface area contributed by atoms with E-state index in [0.29, 0.717) is 17.9 Å². The van der Waals surface area contributed by atoms with Crippen LogP contribution >= 0.6 is 0 Å². The Hall–Kier alpha value is -1.32. The van der Waals surface area contributed by atoms with Gasteiger partial charge in [-0.25, -0.2) is 9.97 Å². The van der Waals surface area contributed by atoms with Gasteiger partial charge in [0.2, 0.25) is 0 Å². The van der Waals surface area contributed by atoms with Gasteiger partial charge < -0.3 is 10.6 Å². The highest BCUT2D eigenvalue weighted by Crippen LogP contribution is 2.31. The molecule has 4 heteroatoms. The second kappa shape index (κ2) is 4.90. The fourth-order valence-electron chi connectivity index (χ4n) is 2.68. The molecule has 2 rings (SSSR count). The van der Waals surface area contributed by atoms with E-state index in [1.54, 1.807) is 0 Å². The molecule has 0 amide bonds. The quantitative estimate of drug-likeness (QED) is 0.872. The Kier molecular flexibility index (Phi) is 3.50. The highest BCUT2D eigenvalue weighted by atomic mass is 15.3. The van der Waals surface area contributed by atoms with Crippen LogP contribution in [0.15, 0.2) is 6.07 Å². The first kappa shape index (κ1) is 12.1. The number of hydrogen-bond donors (Lipinski definition) is 1. The molecule has 4 nitrogen and oxygen atoms in total. The average molecular weight is 234 g/mol. The van der Waals surface area contributed by atoms with E-state index >= 15 is 0 Å². The molecule has 1 aliphatic rings. The summed E-state index contributed by atoms with van der Waals surface area (Å²) in [5.74, 6) is 2.43. The standard InChI is InChI=1S/C13H22N4/c1-4-10-7-6-9(3)17(10)13-8-11(14)15-12(5-2)16-13/h8-10H,4-7H2,1-3H3,(H2,14,15,16). The number of rotatable bonds is 3. The van der Waals surface area contributed by atoms with Gasteiger partial charge >= 0.3 is 0 Å². The summed E-state index contributed by atoms with van der Waals surface area (Å²) in [7, 11) is 0. The van der Waals surface area contributed by atoms with Crippen LogP contribution in [0.25, 0.3) is 0 Å². The number of aryl methyl sites for hydroxylation is 1. The van der Waals surface area contributed by atoms with Crippen molar-refractivity contribution in [3.05, 3.63) is 11.9 Å². The second-order valence-electron chi connectivity index (χ2n) is 4.82. The van der Waals surface area contributed by atoms with Gasteiger partial charge in [0.15, 0.2) is 0 Å². The first-order valence-electron chi connectivity index (χ1n) is 6.57. The molecule has 0 spiro atoms. The van der Waals surface area contributed by atoms with Crippen LogP contribution in [0.2, 0.25) is 0 Å². The summed E-state index contributed by atoms with van der Waals surface area (Å²) >= 11 is 0. The van der Waals surface area contributed by atoms with Crippen molar-refractivity contribution in [2.45, 2.75) is 58.5 Å². The number of anilines is 2. The number of nitrogens with zero attached hydrogens (tertiary/aromatic N) is 3. The van der Waals surface area contributed by atoms with Crippen molar-refractivity contribution < 1.29 is 0 Å². The van der Waals surface area contributed by atoms with E-state index in [9.17, 15) is 0 Å². The molecule has 1 aromatic rings. The first-order chi connectivity index (χ1) is 8.15. The Morgan fingerprint density at radius 1 is 1.35 bits per heavy atom. The fraction of sp³-hybridized carbons (Fsp3) is 0.692. The summed E-state index contributed by atoms with van der Waals surface area (Å²) in [6.45, 7) is 6.56. The van der Waals surface area contributed by atoms with Crippen molar-refractivity contribution in [1.82, 2.24) is 9.97 Å². The van der Waals surface area contributed by atoms with Gasteiger partial charge in [-0.05, 0) is 26.2 Å². The maximum Gasteiger partial charge on any atom is 0.134 e. The Labute approximate surface area is 103 Å². The molecule has 1 aromatic heterocycles. The molecule has 0 aromatic carbocycles. The minimum absolute atomic E-state index is 0.555. The lowest BCUT2D eigenvalue weighted by molar-refractivity contribution is 0.619. The van der Waals surface area contributed by atoms with Gasteiger partial charge in [-0.2, -0.15) is 0 Å². The number of nitrogen functional groups attached to an aromatic ring is 1. The smallest absolute Gasteiger partial charge is 0.134 e. The highest BCUT2D eigenvalue weighted by Gasteiger charge is 2.30. The van der Waals surface area contributed by atoms with E-state index < -0.39 is 0 Å². The fourth-order valence-corrected chi connectivity index (χ4v) is 2.68. The lowest BCUT2D eigenvalue weighted by Crippen LogP contribution is -2.35. The molecule has 0 radical (unpaired) electrons. The Bertz CT molecular complexity index is 391. The molecule has 1 saturated heterocycles. The number of nitrogens with two attached hydrogens (primary N) is 1. The van der Waals surface area contributed by atoms with Crippen LogP contribution in [-0.4, -0.2) is 22.1 Å². The SMILES string of the molecule is CCc1nc(N)cc(N2C(C)CCC2CC)n1. The monoisotopic (exact) mass is 234 g/mol. The molecule has 17 heavy (non-hydrogen) atoms. The summed E-state index contributed by atoms with van der Waals surface area (Å²) in [5, 5.41) is 0. The molecule has 0 aliphatic carbocycles. The predicted molar refractivity (Wildman–Crippen MR) is 71.1 cm³/mol. The van der Waals surface area contributed by atoms with Gasteiger partial charge in [0.25, 0.3) is 0 Å². The summed E-state index contributed by atoms with van der Waals surface area (Å²) in [6.07, 6.45) is 4.49. The number of aromatic nitrogens is 2. The summed E-state index contributed by atoms with van der Waals surface area (Å²) < 4.78 is 0. The van der Waals surface area contributed by atoms with Crippen molar-refractivity contribution in [2.24, 2.45) is 0 Å². The van der Waals surface area contributed by atoms with Crippen LogP contribution in [-0.2, 0) is 6.42 Å². The van der Waals surface area contributed by atoms with Crippen LogP contribution in [0.4, 0.5) is 11.6 Å². The zero-order chi connectivity index (χ0) is 12.4. The van der Waals surface area contributed by atoms with Crippen molar-refractivity contribution in [3.8, 4) is 0 Å². The van der Waals surface area contributed by atoms with Crippen molar-refractivity contribution in [1.29, 1.82) is 0 Å². The lowest BCUT2D eigenvalue weighted by Gasteiger charge is -2.29. The van der Waals surface area contributed by atoms with Gasteiger partial charge in [0.05, 0.1) is 0 Å². The molecule has 2 unspecified atom stereocenters. The molecule has 94 valence electrons. The van der Waals surface area contributed by atoms with Gasteiger partial charge in [-0.15, -0.1) is 0 Å². The van der Waals surface area contributed by atoms with Crippen molar-refractivity contribution in [3.63, 3.8) is 0 Å². The van der Waals surface area contributed by atoms with E-state index in [1.165, 1.54) is 12.8 Å². The Balaban J connectivity index is 2.34. The molecular weight excluding hydrogens is 212 g/mol. The van der Waals surface area contributed by atoms with Gasteiger partial charge in [0, 0.05) is 24.6 Å². The molecule has 1 fully saturated rings. The lowest BCUT2D eigenvalue weighted by atomic mass is 10.1. The van der Waals surface area contributed by atoms with Crippen LogP contribution in [0, 0.1) is 0 Å². The first-order valence-corrected chi connectivity index (χ1v) is 6.57. The molecule has 2 N–H and O–H groups in total. The summed E-state index contributed by atoms with van der Waals surface area (Å²) in [4.78, 5) is 11.3. The zero-order valence-electron chi connectivity index (χ0n) is 11.0. The molecular formula is C13H22N4. The van der Waals surface area contributed by atoms with Crippen LogP contribution < -0.4 is 10.6 Å². The minimum Gasteiger partial charge on any atom is -0.384 e. The maximum atomic E-state index is 5.86. The Morgan fingerprint density at radius 3 is 2.76 bits per heavy atom. The number of hydrogen-bond acceptors (Lipinski definition) is 4. The van der Waals surface area contributed by atoms with Gasteiger partial charge in [-0.1, -0.05) is 13.8 Å². The third-order valence-electron chi connectivity index (χ3n) is 3.62. The third kappa shape index (κ3) is 2.35. The maximum absolute atomic E-state index is 5.86. The van der Waals surface area contributed by atoms with Crippen LogP contribution in [0.5, 0.6) is 0 Å². The summed E-state index contributed by atoms with van der Waals surface area (Å²) in [5.41, 5.74) is 5.86. The van der Waals surface area contributed by atoms with Crippen molar-refractivity contribution >= 4 is 11.6 Å². The van der Waals surface area contributed by atoms with Crippen molar-refractivity contribution in [2.75, 3.05) is 10.6 Å². The molecule has 1 aliphatic heterocycles.